The number of imidazole rings is 1. The predicted octanol–water partition coefficient (Wildman–Crippen LogP) is 2.17. The Kier molecular flexibility index (Phi) is 4.60. The highest BCUT2D eigenvalue weighted by Crippen LogP contribution is 2.20. The number of hydrogen-bond acceptors (Lipinski definition) is 6. The first-order valence-corrected chi connectivity index (χ1v) is 9.45. The van der Waals surface area contributed by atoms with Gasteiger partial charge in [0.05, 0.1) is 31.1 Å². The van der Waals surface area contributed by atoms with Gasteiger partial charge in [0.2, 0.25) is 0 Å². The number of amides is 1. The van der Waals surface area contributed by atoms with E-state index in [0.29, 0.717) is 12.2 Å². The number of aryl methyl sites for hydroxylation is 2. The molecule has 0 unspecified atom stereocenters. The molecule has 0 bridgehead atoms. The summed E-state index contributed by atoms with van der Waals surface area (Å²) >= 11 is 1.58. The SMILES string of the molecule is Cc1cn2c(C(=O)NCc3cccc(N4CCOCC4)n3)c(C)nc2s1. The third kappa shape index (κ3) is 3.30. The largest absolute Gasteiger partial charge is 0.378 e. The van der Waals surface area contributed by atoms with Crippen LogP contribution in [0.2, 0.25) is 0 Å². The molecule has 1 saturated heterocycles. The average Bonchev–Trinajstić information content (AvgIpc) is 3.15. The van der Waals surface area contributed by atoms with E-state index in [1.54, 1.807) is 11.3 Å². The summed E-state index contributed by atoms with van der Waals surface area (Å²) in [6.45, 7) is 7.38. The number of pyridine rings is 1. The molecule has 0 radical (unpaired) electrons. The van der Waals surface area contributed by atoms with Crippen LogP contribution in [0.5, 0.6) is 0 Å². The van der Waals surface area contributed by atoms with Crippen molar-refractivity contribution in [1.82, 2.24) is 19.7 Å². The summed E-state index contributed by atoms with van der Waals surface area (Å²) in [5.74, 6) is 0.794. The molecule has 7 nitrogen and oxygen atoms in total. The maximum absolute atomic E-state index is 12.7. The number of thiazole rings is 1. The normalized spacial score (nSPS) is 14.8. The number of carbonyl (C=O) groups is 1. The first-order chi connectivity index (χ1) is 12.6. The van der Waals surface area contributed by atoms with Crippen molar-refractivity contribution < 1.29 is 9.53 Å². The van der Waals surface area contributed by atoms with Crippen LogP contribution in [0.1, 0.15) is 26.8 Å². The Morgan fingerprint density at radius 1 is 1.27 bits per heavy atom. The van der Waals surface area contributed by atoms with Crippen LogP contribution in [0.3, 0.4) is 0 Å². The molecule has 8 heteroatoms. The molecule has 3 aromatic heterocycles. The van der Waals surface area contributed by atoms with Crippen LogP contribution in [0.4, 0.5) is 5.82 Å². The maximum atomic E-state index is 12.7. The minimum atomic E-state index is -0.133. The van der Waals surface area contributed by atoms with Gasteiger partial charge in [-0.1, -0.05) is 6.07 Å². The summed E-state index contributed by atoms with van der Waals surface area (Å²) < 4.78 is 7.25. The van der Waals surface area contributed by atoms with E-state index in [-0.39, 0.29) is 5.91 Å². The number of ether oxygens (including phenoxy) is 1. The quantitative estimate of drug-likeness (QED) is 0.761. The molecule has 136 valence electrons. The first-order valence-electron chi connectivity index (χ1n) is 8.64. The molecule has 1 aliphatic rings. The van der Waals surface area contributed by atoms with Gasteiger partial charge in [-0.2, -0.15) is 0 Å². The second-order valence-electron chi connectivity index (χ2n) is 6.31. The standard InChI is InChI=1S/C18H21N5O2S/c1-12-11-23-16(13(2)20-18(23)26-12)17(24)19-10-14-4-3-5-15(21-14)22-6-8-25-9-7-22/h3-5,11H,6-10H2,1-2H3,(H,19,24). The van der Waals surface area contributed by atoms with E-state index in [0.717, 1.165) is 53.3 Å². The summed E-state index contributed by atoms with van der Waals surface area (Å²) in [6.07, 6.45) is 1.95. The van der Waals surface area contributed by atoms with Crippen molar-refractivity contribution in [2.75, 3.05) is 31.2 Å². The predicted molar refractivity (Wildman–Crippen MR) is 101 cm³/mol. The molecule has 3 aromatic rings. The number of nitrogens with one attached hydrogen (secondary N) is 1. The van der Waals surface area contributed by atoms with Crippen molar-refractivity contribution in [3.8, 4) is 0 Å². The van der Waals surface area contributed by atoms with E-state index in [2.05, 4.69) is 20.2 Å². The van der Waals surface area contributed by atoms with E-state index in [1.807, 2.05) is 42.6 Å². The van der Waals surface area contributed by atoms with Crippen molar-refractivity contribution in [1.29, 1.82) is 0 Å². The molecule has 4 heterocycles. The number of anilines is 1. The highest BCUT2D eigenvalue weighted by atomic mass is 32.1. The summed E-state index contributed by atoms with van der Waals surface area (Å²) in [4.78, 5) is 26.0. The van der Waals surface area contributed by atoms with E-state index in [1.165, 1.54) is 0 Å². The minimum absolute atomic E-state index is 0.133. The molecular weight excluding hydrogens is 350 g/mol. The van der Waals surface area contributed by atoms with Gasteiger partial charge in [0.15, 0.2) is 4.96 Å². The van der Waals surface area contributed by atoms with Crippen molar-refractivity contribution >= 4 is 28.0 Å². The van der Waals surface area contributed by atoms with Crippen molar-refractivity contribution in [3.05, 3.63) is 46.4 Å². The van der Waals surface area contributed by atoms with Crippen LogP contribution in [-0.4, -0.2) is 46.6 Å². The zero-order valence-corrected chi connectivity index (χ0v) is 15.7. The summed E-state index contributed by atoms with van der Waals surface area (Å²) in [7, 11) is 0. The van der Waals surface area contributed by atoms with Gasteiger partial charge in [0, 0.05) is 24.2 Å². The van der Waals surface area contributed by atoms with Gasteiger partial charge in [-0.15, -0.1) is 11.3 Å². The second-order valence-corrected chi connectivity index (χ2v) is 7.52. The lowest BCUT2D eigenvalue weighted by molar-refractivity contribution is 0.0944. The molecule has 26 heavy (non-hydrogen) atoms. The fourth-order valence-corrected chi connectivity index (χ4v) is 4.00. The van der Waals surface area contributed by atoms with E-state index in [9.17, 15) is 4.79 Å². The van der Waals surface area contributed by atoms with E-state index >= 15 is 0 Å². The maximum Gasteiger partial charge on any atom is 0.270 e. The molecule has 4 rings (SSSR count). The number of fused-ring (bicyclic) bond motifs is 1. The minimum Gasteiger partial charge on any atom is -0.378 e. The second kappa shape index (κ2) is 7.05. The van der Waals surface area contributed by atoms with Gasteiger partial charge >= 0.3 is 0 Å². The third-order valence-electron chi connectivity index (χ3n) is 4.39. The smallest absolute Gasteiger partial charge is 0.270 e. The molecule has 1 N–H and O–H groups in total. The number of hydrogen-bond donors (Lipinski definition) is 1. The van der Waals surface area contributed by atoms with Gasteiger partial charge in [-0.3, -0.25) is 9.20 Å². The number of aromatic nitrogens is 3. The third-order valence-corrected chi connectivity index (χ3v) is 5.29. The molecule has 0 spiro atoms. The number of rotatable bonds is 4. The number of carbonyl (C=O) groups excluding carboxylic acids is 1. The average molecular weight is 371 g/mol. The lowest BCUT2D eigenvalue weighted by Crippen LogP contribution is -2.37. The zero-order valence-electron chi connectivity index (χ0n) is 14.9. The molecule has 0 aliphatic carbocycles. The molecule has 0 saturated carbocycles. The van der Waals surface area contributed by atoms with Crippen LogP contribution >= 0.6 is 11.3 Å². The summed E-state index contributed by atoms with van der Waals surface area (Å²) in [5.41, 5.74) is 2.17. The van der Waals surface area contributed by atoms with E-state index in [4.69, 9.17) is 4.74 Å². The zero-order chi connectivity index (χ0) is 18.1. The van der Waals surface area contributed by atoms with Crippen LogP contribution < -0.4 is 10.2 Å². The van der Waals surface area contributed by atoms with E-state index < -0.39 is 0 Å². The Morgan fingerprint density at radius 3 is 2.88 bits per heavy atom. The molecule has 1 fully saturated rings. The van der Waals surface area contributed by atoms with Gasteiger partial charge in [0.1, 0.15) is 11.5 Å². The Balaban J connectivity index is 1.48. The molecular formula is C18H21N5O2S. The van der Waals surface area contributed by atoms with Gasteiger partial charge in [-0.25, -0.2) is 9.97 Å². The van der Waals surface area contributed by atoms with Crippen molar-refractivity contribution in [2.45, 2.75) is 20.4 Å². The Bertz CT molecular complexity index is 942. The topological polar surface area (TPSA) is 71.8 Å². The van der Waals surface area contributed by atoms with Gasteiger partial charge < -0.3 is 15.0 Å². The Morgan fingerprint density at radius 2 is 2.08 bits per heavy atom. The fourth-order valence-electron chi connectivity index (χ4n) is 3.13. The number of nitrogens with zero attached hydrogens (tertiary/aromatic N) is 4. The van der Waals surface area contributed by atoms with Crippen LogP contribution in [0.25, 0.3) is 4.96 Å². The monoisotopic (exact) mass is 371 g/mol. The van der Waals surface area contributed by atoms with Crippen LogP contribution in [0, 0.1) is 13.8 Å². The summed E-state index contributed by atoms with van der Waals surface area (Å²) in [5, 5.41) is 2.97. The Hall–Kier alpha value is -2.45. The Labute approximate surface area is 155 Å². The van der Waals surface area contributed by atoms with Gasteiger partial charge in [-0.05, 0) is 26.0 Å². The number of morpholine rings is 1. The van der Waals surface area contributed by atoms with Crippen molar-refractivity contribution in [3.63, 3.8) is 0 Å². The lowest BCUT2D eigenvalue weighted by atomic mass is 10.3. The highest BCUT2D eigenvalue weighted by molar-refractivity contribution is 7.17. The molecule has 1 aliphatic heterocycles. The van der Waals surface area contributed by atoms with Crippen LogP contribution in [-0.2, 0) is 11.3 Å². The lowest BCUT2D eigenvalue weighted by Gasteiger charge is -2.28. The fraction of sp³-hybridized carbons (Fsp3) is 0.389. The van der Waals surface area contributed by atoms with Crippen molar-refractivity contribution in [2.24, 2.45) is 0 Å². The summed E-state index contributed by atoms with van der Waals surface area (Å²) in [6, 6.07) is 5.90. The molecule has 0 atom stereocenters. The van der Waals surface area contributed by atoms with Crippen LogP contribution in [0.15, 0.2) is 24.4 Å². The van der Waals surface area contributed by atoms with Gasteiger partial charge in [0.25, 0.3) is 5.91 Å². The first kappa shape index (κ1) is 17.0. The highest BCUT2D eigenvalue weighted by Gasteiger charge is 2.18. The molecule has 1 amide bonds. The molecule has 0 aromatic carbocycles.